The molecule has 22 heavy (non-hydrogen) atoms. The number of nitrogens with zero attached hydrogens (tertiary/aromatic N) is 5. The van der Waals surface area contributed by atoms with Gasteiger partial charge in [0, 0.05) is 38.2 Å². The predicted octanol–water partition coefficient (Wildman–Crippen LogP) is 2.60. The summed E-state index contributed by atoms with van der Waals surface area (Å²) in [5.74, 6) is 1.01. The highest BCUT2D eigenvalue weighted by Crippen LogP contribution is 2.27. The minimum atomic E-state index is 0.949. The fourth-order valence-corrected chi connectivity index (χ4v) is 3.61. The monoisotopic (exact) mass is 313 g/mol. The Bertz CT molecular complexity index is 764. The molecule has 0 N–H and O–H groups in total. The number of hydrogen-bond acceptors (Lipinski definition) is 5. The average molecular weight is 313 g/mol. The van der Waals surface area contributed by atoms with E-state index in [-0.39, 0.29) is 0 Å². The van der Waals surface area contributed by atoms with E-state index in [1.807, 2.05) is 12.4 Å². The molecule has 0 unspecified atom stereocenters. The number of rotatable bonds is 2. The Hall–Kier alpha value is -1.92. The number of anilines is 1. The first kappa shape index (κ1) is 13.7. The van der Waals surface area contributed by atoms with Gasteiger partial charge in [-0.25, -0.2) is 9.97 Å². The van der Waals surface area contributed by atoms with Crippen molar-refractivity contribution in [2.24, 2.45) is 0 Å². The van der Waals surface area contributed by atoms with Crippen LogP contribution in [0, 0.1) is 0 Å². The van der Waals surface area contributed by atoms with Crippen molar-refractivity contribution in [3.8, 4) is 10.6 Å². The molecule has 3 aromatic heterocycles. The lowest BCUT2D eigenvalue weighted by Gasteiger charge is -2.22. The van der Waals surface area contributed by atoms with E-state index in [0.717, 1.165) is 49.8 Å². The molecular formula is C16H19N5S. The quantitative estimate of drug-likeness (QED) is 0.729. The van der Waals surface area contributed by atoms with Crippen molar-refractivity contribution in [3.05, 3.63) is 36.1 Å². The molecule has 1 saturated heterocycles. The molecule has 0 aromatic carbocycles. The number of hydrogen-bond donors (Lipinski definition) is 0. The summed E-state index contributed by atoms with van der Waals surface area (Å²) in [4.78, 5) is 15.4. The van der Waals surface area contributed by atoms with Crippen LogP contribution in [-0.2, 0) is 0 Å². The third kappa shape index (κ3) is 2.48. The Labute approximate surface area is 133 Å². The van der Waals surface area contributed by atoms with E-state index in [4.69, 9.17) is 4.98 Å². The van der Waals surface area contributed by atoms with Gasteiger partial charge in [-0.1, -0.05) is 6.07 Å². The summed E-state index contributed by atoms with van der Waals surface area (Å²) in [6.07, 6.45) is 7.08. The highest BCUT2D eigenvalue weighted by molar-refractivity contribution is 7.13. The second-order valence-electron chi connectivity index (χ2n) is 5.73. The van der Waals surface area contributed by atoms with Crippen molar-refractivity contribution in [1.29, 1.82) is 0 Å². The van der Waals surface area contributed by atoms with Crippen LogP contribution in [0.15, 0.2) is 36.1 Å². The summed E-state index contributed by atoms with van der Waals surface area (Å²) >= 11 is 1.72. The Balaban J connectivity index is 1.80. The Morgan fingerprint density at radius 1 is 1.18 bits per heavy atom. The maximum absolute atomic E-state index is 4.94. The molecule has 0 radical (unpaired) electrons. The van der Waals surface area contributed by atoms with Crippen LogP contribution in [0.3, 0.4) is 0 Å². The molecular weight excluding hydrogens is 294 g/mol. The highest BCUT2D eigenvalue weighted by Gasteiger charge is 2.18. The van der Waals surface area contributed by atoms with Crippen molar-refractivity contribution in [1.82, 2.24) is 19.3 Å². The standard InChI is InChI=1S/C16H19N5S/c1-19-6-3-7-20(10-9-19)16-15-17-5-8-21(15)12-13(18-16)14-4-2-11-22-14/h2,4-5,8,11-12H,3,6-7,9-10H2,1H3. The molecule has 0 amide bonds. The van der Waals surface area contributed by atoms with E-state index in [2.05, 4.69) is 49.9 Å². The zero-order chi connectivity index (χ0) is 14.9. The van der Waals surface area contributed by atoms with E-state index >= 15 is 0 Å². The molecule has 5 nitrogen and oxygen atoms in total. The molecule has 6 heteroatoms. The van der Waals surface area contributed by atoms with Gasteiger partial charge in [-0.3, -0.25) is 0 Å². The van der Waals surface area contributed by atoms with Crippen molar-refractivity contribution in [2.75, 3.05) is 38.1 Å². The fraction of sp³-hybridized carbons (Fsp3) is 0.375. The topological polar surface area (TPSA) is 36.7 Å². The summed E-state index contributed by atoms with van der Waals surface area (Å²) in [5.41, 5.74) is 1.97. The molecule has 3 aromatic rings. The predicted molar refractivity (Wildman–Crippen MR) is 90.6 cm³/mol. The molecule has 0 bridgehead atoms. The van der Waals surface area contributed by atoms with Crippen LogP contribution < -0.4 is 4.90 Å². The van der Waals surface area contributed by atoms with Crippen LogP contribution in [0.4, 0.5) is 5.82 Å². The van der Waals surface area contributed by atoms with Gasteiger partial charge in [0.1, 0.15) is 0 Å². The van der Waals surface area contributed by atoms with E-state index in [1.165, 1.54) is 4.88 Å². The molecule has 0 aliphatic carbocycles. The lowest BCUT2D eigenvalue weighted by Crippen LogP contribution is -2.30. The van der Waals surface area contributed by atoms with Crippen molar-refractivity contribution in [3.63, 3.8) is 0 Å². The van der Waals surface area contributed by atoms with Crippen LogP contribution >= 0.6 is 11.3 Å². The van der Waals surface area contributed by atoms with Crippen LogP contribution in [-0.4, -0.2) is 52.5 Å². The lowest BCUT2D eigenvalue weighted by atomic mass is 10.3. The van der Waals surface area contributed by atoms with Crippen molar-refractivity contribution >= 4 is 22.8 Å². The van der Waals surface area contributed by atoms with Gasteiger partial charge in [-0.2, -0.15) is 0 Å². The Kier molecular flexibility index (Phi) is 3.56. The molecule has 1 aliphatic heterocycles. The highest BCUT2D eigenvalue weighted by atomic mass is 32.1. The van der Waals surface area contributed by atoms with Gasteiger partial charge in [-0.15, -0.1) is 11.3 Å². The second-order valence-corrected chi connectivity index (χ2v) is 6.68. The lowest BCUT2D eigenvalue weighted by molar-refractivity contribution is 0.360. The van der Waals surface area contributed by atoms with Gasteiger partial charge >= 0.3 is 0 Å². The number of fused-ring (bicyclic) bond motifs is 1. The minimum absolute atomic E-state index is 0.949. The molecule has 0 spiro atoms. The van der Waals surface area contributed by atoms with Crippen LogP contribution in [0.5, 0.6) is 0 Å². The second kappa shape index (κ2) is 5.70. The molecule has 0 saturated carbocycles. The number of thiophene rings is 1. The molecule has 1 aliphatic rings. The van der Waals surface area contributed by atoms with Crippen molar-refractivity contribution in [2.45, 2.75) is 6.42 Å². The zero-order valence-electron chi connectivity index (χ0n) is 12.6. The van der Waals surface area contributed by atoms with E-state index < -0.39 is 0 Å². The largest absolute Gasteiger partial charge is 0.352 e. The first-order valence-electron chi connectivity index (χ1n) is 7.62. The van der Waals surface area contributed by atoms with Gasteiger partial charge in [0.15, 0.2) is 11.5 Å². The van der Waals surface area contributed by atoms with Crippen LogP contribution in [0.2, 0.25) is 0 Å². The first-order valence-corrected chi connectivity index (χ1v) is 8.50. The van der Waals surface area contributed by atoms with Gasteiger partial charge in [0.25, 0.3) is 0 Å². The number of likely N-dealkylation sites (N-methyl/N-ethyl adjacent to an activating group) is 1. The first-order chi connectivity index (χ1) is 10.8. The normalized spacial score (nSPS) is 17.0. The summed E-state index contributed by atoms with van der Waals surface area (Å²) < 4.78 is 2.09. The third-order valence-corrected chi connectivity index (χ3v) is 5.04. The SMILES string of the molecule is CN1CCCN(c2nc(-c3cccs3)cn3ccnc23)CC1. The number of aromatic nitrogens is 3. The average Bonchev–Trinajstić information content (AvgIpc) is 3.16. The summed E-state index contributed by atoms with van der Waals surface area (Å²) in [6, 6.07) is 4.19. The summed E-state index contributed by atoms with van der Waals surface area (Å²) in [7, 11) is 2.18. The van der Waals surface area contributed by atoms with Gasteiger partial charge < -0.3 is 14.2 Å². The minimum Gasteiger partial charge on any atom is -0.352 e. The molecule has 114 valence electrons. The molecule has 1 fully saturated rings. The maximum atomic E-state index is 4.94. The summed E-state index contributed by atoms with van der Waals surface area (Å²) in [5, 5.41) is 2.09. The van der Waals surface area contributed by atoms with Crippen LogP contribution in [0.1, 0.15) is 6.42 Å². The molecule has 4 heterocycles. The molecule has 0 atom stereocenters. The summed E-state index contributed by atoms with van der Waals surface area (Å²) in [6.45, 7) is 4.25. The molecule has 4 rings (SSSR count). The van der Waals surface area contributed by atoms with Gasteiger partial charge in [-0.05, 0) is 31.5 Å². The number of imidazole rings is 1. The van der Waals surface area contributed by atoms with E-state index in [0.29, 0.717) is 0 Å². The van der Waals surface area contributed by atoms with E-state index in [9.17, 15) is 0 Å². The third-order valence-electron chi connectivity index (χ3n) is 4.15. The fourth-order valence-electron chi connectivity index (χ4n) is 2.93. The van der Waals surface area contributed by atoms with Crippen molar-refractivity contribution < 1.29 is 0 Å². The zero-order valence-corrected chi connectivity index (χ0v) is 13.5. The van der Waals surface area contributed by atoms with E-state index in [1.54, 1.807) is 11.3 Å². The Morgan fingerprint density at radius 3 is 3.00 bits per heavy atom. The van der Waals surface area contributed by atoms with Crippen LogP contribution in [0.25, 0.3) is 16.2 Å². The van der Waals surface area contributed by atoms with Gasteiger partial charge in [0.2, 0.25) is 0 Å². The maximum Gasteiger partial charge on any atom is 0.180 e. The Morgan fingerprint density at radius 2 is 2.14 bits per heavy atom. The smallest absolute Gasteiger partial charge is 0.180 e. The van der Waals surface area contributed by atoms with Gasteiger partial charge in [0.05, 0.1) is 10.6 Å².